The number of rotatable bonds is 3. The summed E-state index contributed by atoms with van der Waals surface area (Å²) in [6.45, 7) is 4.56. The van der Waals surface area contributed by atoms with Gasteiger partial charge in [-0.3, -0.25) is 9.69 Å². The fourth-order valence-electron chi connectivity index (χ4n) is 3.18. The number of carbonyl (C=O) groups excluding carboxylic acids is 1. The molecule has 1 aliphatic heterocycles. The van der Waals surface area contributed by atoms with Crippen LogP contribution in [-0.2, 0) is 4.79 Å². The summed E-state index contributed by atoms with van der Waals surface area (Å²) in [6.07, 6.45) is 5.40. The molecule has 4 nitrogen and oxygen atoms in total. The molecule has 2 unspecified atom stereocenters. The molecule has 0 aromatic carbocycles. The van der Waals surface area contributed by atoms with Crippen LogP contribution < -0.4 is 5.32 Å². The highest BCUT2D eigenvalue weighted by molar-refractivity contribution is 5.79. The number of hydrogen-bond acceptors (Lipinski definition) is 3. The van der Waals surface area contributed by atoms with Crippen LogP contribution in [0.3, 0.4) is 0 Å². The molecule has 2 aliphatic rings. The second kappa shape index (κ2) is 6.19. The monoisotopic (exact) mass is 249 g/mol. The molecule has 1 aliphatic carbocycles. The van der Waals surface area contributed by atoms with Gasteiger partial charge in [0.2, 0.25) is 5.91 Å². The minimum Gasteiger partial charge on any atom is -0.353 e. The number of carbonyl (C=O) groups is 1. The second-order valence-electron chi connectivity index (χ2n) is 5.73. The van der Waals surface area contributed by atoms with E-state index in [1.807, 2.05) is 0 Å². The quantitative estimate of drug-likeness (QED) is 0.772. The van der Waals surface area contributed by atoms with Crippen molar-refractivity contribution in [1.82, 2.24) is 10.2 Å². The number of piperidine rings is 1. The van der Waals surface area contributed by atoms with Crippen molar-refractivity contribution >= 4 is 5.91 Å². The Morgan fingerprint density at radius 2 is 2.06 bits per heavy atom. The fourth-order valence-corrected chi connectivity index (χ4v) is 3.18. The lowest BCUT2D eigenvalue weighted by Gasteiger charge is -2.31. The third-order valence-corrected chi connectivity index (χ3v) is 4.43. The van der Waals surface area contributed by atoms with Crippen LogP contribution in [0, 0.1) is 23.2 Å². The standard InChI is InChI=1S/C14H23N3O/c1-11-3-2-4-13(11)14(18)16-12-5-8-17(9-6-12)10-7-15/h11-13H,2-6,8-10H2,1H3,(H,16,18). The summed E-state index contributed by atoms with van der Waals surface area (Å²) in [7, 11) is 0. The second-order valence-corrected chi connectivity index (χ2v) is 5.73. The summed E-state index contributed by atoms with van der Waals surface area (Å²) < 4.78 is 0. The number of nitrogens with one attached hydrogen (secondary N) is 1. The van der Waals surface area contributed by atoms with E-state index >= 15 is 0 Å². The van der Waals surface area contributed by atoms with Crippen LogP contribution in [0.25, 0.3) is 0 Å². The molecule has 0 spiro atoms. The van der Waals surface area contributed by atoms with Gasteiger partial charge < -0.3 is 5.32 Å². The third kappa shape index (κ3) is 3.23. The first-order valence-electron chi connectivity index (χ1n) is 7.10. The van der Waals surface area contributed by atoms with E-state index < -0.39 is 0 Å². The highest BCUT2D eigenvalue weighted by Gasteiger charge is 2.31. The Labute approximate surface area is 109 Å². The van der Waals surface area contributed by atoms with Gasteiger partial charge in [-0.25, -0.2) is 0 Å². The Kier molecular flexibility index (Phi) is 4.60. The number of nitriles is 1. The zero-order chi connectivity index (χ0) is 13.0. The van der Waals surface area contributed by atoms with Crippen molar-refractivity contribution in [3.05, 3.63) is 0 Å². The Hall–Kier alpha value is -1.08. The highest BCUT2D eigenvalue weighted by atomic mass is 16.2. The molecular weight excluding hydrogens is 226 g/mol. The molecule has 0 aromatic rings. The summed E-state index contributed by atoms with van der Waals surface area (Å²) in [5.74, 6) is 1.05. The van der Waals surface area contributed by atoms with Gasteiger partial charge in [-0.1, -0.05) is 13.3 Å². The van der Waals surface area contributed by atoms with E-state index in [0.29, 0.717) is 18.5 Å². The number of likely N-dealkylation sites (tertiary alicyclic amines) is 1. The lowest BCUT2D eigenvalue weighted by Crippen LogP contribution is -2.46. The van der Waals surface area contributed by atoms with Gasteiger partial charge in [0.25, 0.3) is 0 Å². The summed E-state index contributed by atoms with van der Waals surface area (Å²) in [5, 5.41) is 11.8. The van der Waals surface area contributed by atoms with Crippen LogP contribution in [0.15, 0.2) is 0 Å². The molecule has 18 heavy (non-hydrogen) atoms. The molecule has 1 heterocycles. The van der Waals surface area contributed by atoms with Crippen LogP contribution >= 0.6 is 0 Å². The smallest absolute Gasteiger partial charge is 0.223 e. The van der Waals surface area contributed by atoms with Crippen LogP contribution in [0.5, 0.6) is 0 Å². The molecule has 2 atom stereocenters. The minimum atomic E-state index is 0.238. The molecule has 2 fully saturated rings. The van der Waals surface area contributed by atoms with Gasteiger partial charge >= 0.3 is 0 Å². The van der Waals surface area contributed by atoms with Gasteiger partial charge in [-0.05, 0) is 31.6 Å². The van der Waals surface area contributed by atoms with E-state index in [1.54, 1.807) is 0 Å². The summed E-state index contributed by atoms with van der Waals surface area (Å²) in [4.78, 5) is 14.3. The van der Waals surface area contributed by atoms with Gasteiger partial charge in [0, 0.05) is 25.0 Å². The molecule has 1 N–H and O–H groups in total. The first kappa shape index (κ1) is 13.4. The third-order valence-electron chi connectivity index (χ3n) is 4.43. The average Bonchev–Trinajstić information content (AvgIpc) is 2.78. The molecular formula is C14H23N3O. The maximum absolute atomic E-state index is 12.2. The Balaban J connectivity index is 1.74. The van der Waals surface area contributed by atoms with Crippen LogP contribution in [0.2, 0.25) is 0 Å². The first-order valence-corrected chi connectivity index (χ1v) is 7.10. The zero-order valence-corrected chi connectivity index (χ0v) is 11.2. The minimum absolute atomic E-state index is 0.238. The van der Waals surface area contributed by atoms with E-state index in [-0.39, 0.29) is 11.8 Å². The lowest BCUT2D eigenvalue weighted by molar-refractivity contribution is -0.126. The molecule has 1 amide bonds. The maximum atomic E-state index is 12.2. The highest BCUT2D eigenvalue weighted by Crippen LogP contribution is 2.31. The number of amides is 1. The van der Waals surface area contributed by atoms with Crippen molar-refractivity contribution < 1.29 is 4.79 Å². The zero-order valence-electron chi connectivity index (χ0n) is 11.2. The number of hydrogen-bond donors (Lipinski definition) is 1. The SMILES string of the molecule is CC1CCCC1C(=O)NC1CCN(CC#N)CC1. The number of nitrogens with zero attached hydrogens (tertiary/aromatic N) is 2. The molecule has 4 heteroatoms. The van der Waals surface area contributed by atoms with Crippen LogP contribution in [0.4, 0.5) is 0 Å². The molecule has 1 saturated heterocycles. The van der Waals surface area contributed by atoms with E-state index in [2.05, 4.69) is 23.2 Å². The van der Waals surface area contributed by atoms with E-state index in [0.717, 1.165) is 32.4 Å². The van der Waals surface area contributed by atoms with Crippen LogP contribution in [-0.4, -0.2) is 36.5 Å². The predicted molar refractivity (Wildman–Crippen MR) is 69.7 cm³/mol. The Bertz CT molecular complexity index is 328. The van der Waals surface area contributed by atoms with Gasteiger partial charge in [0.05, 0.1) is 12.6 Å². The fraction of sp³-hybridized carbons (Fsp3) is 0.857. The van der Waals surface area contributed by atoms with Crippen molar-refractivity contribution in [2.24, 2.45) is 11.8 Å². The average molecular weight is 249 g/mol. The Morgan fingerprint density at radius 1 is 1.33 bits per heavy atom. The van der Waals surface area contributed by atoms with Crippen molar-refractivity contribution in [2.45, 2.75) is 45.1 Å². The molecule has 100 valence electrons. The van der Waals surface area contributed by atoms with E-state index in [9.17, 15) is 4.79 Å². The van der Waals surface area contributed by atoms with Gasteiger partial charge in [-0.15, -0.1) is 0 Å². The van der Waals surface area contributed by atoms with E-state index in [1.165, 1.54) is 12.8 Å². The summed E-state index contributed by atoms with van der Waals surface area (Å²) >= 11 is 0. The normalized spacial score (nSPS) is 30.0. The van der Waals surface area contributed by atoms with Crippen molar-refractivity contribution in [3.8, 4) is 6.07 Å². The van der Waals surface area contributed by atoms with Crippen molar-refractivity contribution in [3.63, 3.8) is 0 Å². The van der Waals surface area contributed by atoms with Gasteiger partial charge in [0.15, 0.2) is 0 Å². The molecule has 0 aromatic heterocycles. The topological polar surface area (TPSA) is 56.1 Å². The Morgan fingerprint density at radius 3 is 2.61 bits per heavy atom. The van der Waals surface area contributed by atoms with Gasteiger partial charge in [-0.2, -0.15) is 5.26 Å². The lowest BCUT2D eigenvalue weighted by atomic mass is 9.96. The first-order chi connectivity index (χ1) is 8.70. The van der Waals surface area contributed by atoms with Crippen LogP contribution in [0.1, 0.15) is 39.0 Å². The molecule has 1 saturated carbocycles. The van der Waals surface area contributed by atoms with Gasteiger partial charge in [0.1, 0.15) is 0 Å². The van der Waals surface area contributed by atoms with Crippen molar-refractivity contribution in [2.75, 3.05) is 19.6 Å². The predicted octanol–water partition coefficient (Wildman–Crippen LogP) is 1.53. The molecule has 0 bridgehead atoms. The summed E-state index contributed by atoms with van der Waals surface area (Å²) in [6, 6.07) is 2.50. The van der Waals surface area contributed by atoms with Crippen molar-refractivity contribution in [1.29, 1.82) is 5.26 Å². The summed E-state index contributed by atoms with van der Waals surface area (Å²) in [5.41, 5.74) is 0. The van der Waals surface area contributed by atoms with E-state index in [4.69, 9.17) is 5.26 Å². The molecule has 2 rings (SSSR count). The largest absolute Gasteiger partial charge is 0.353 e. The molecule has 0 radical (unpaired) electrons. The maximum Gasteiger partial charge on any atom is 0.223 e.